The number of benzene rings is 1. The SMILES string of the molecule is CCNC(=NCc1ncc(C(C)(C)C)o1)NCCCN1C(=O)COc2ccccc21. The van der Waals surface area contributed by atoms with E-state index in [0.29, 0.717) is 31.5 Å². The fraction of sp³-hybridized carbons (Fsp3) is 0.500. The lowest BCUT2D eigenvalue weighted by Gasteiger charge is -2.29. The van der Waals surface area contributed by atoms with Crippen LogP contribution >= 0.6 is 0 Å². The van der Waals surface area contributed by atoms with Gasteiger partial charge in [-0.1, -0.05) is 32.9 Å². The van der Waals surface area contributed by atoms with Crippen molar-refractivity contribution < 1.29 is 13.9 Å². The summed E-state index contributed by atoms with van der Waals surface area (Å²) in [6.45, 7) is 10.8. The first-order chi connectivity index (χ1) is 14.4. The van der Waals surface area contributed by atoms with E-state index < -0.39 is 0 Å². The third-order valence-corrected chi connectivity index (χ3v) is 4.67. The van der Waals surface area contributed by atoms with Gasteiger partial charge in [-0.15, -0.1) is 0 Å². The number of oxazole rings is 1. The minimum atomic E-state index is -0.0761. The van der Waals surface area contributed by atoms with Crippen molar-refractivity contribution >= 4 is 17.6 Å². The number of carbonyl (C=O) groups is 1. The monoisotopic (exact) mass is 413 g/mol. The Morgan fingerprint density at radius 3 is 2.80 bits per heavy atom. The van der Waals surface area contributed by atoms with Crippen LogP contribution in [0.2, 0.25) is 0 Å². The molecule has 0 bridgehead atoms. The number of rotatable bonds is 7. The fourth-order valence-corrected chi connectivity index (χ4v) is 3.06. The molecule has 8 heteroatoms. The molecule has 1 aromatic carbocycles. The smallest absolute Gasteiger partial charge is 0.265 e. The van der Waals surface area contributed by atoms with Gasteiger partial charge in [0.05, 0.1) is 11.9 Å². The third-order valence-electron chi connectivity index (χ3n) is 4.67. The van der Waals surface area contributed by atoms with E-state index in [2.05, 4.69) is 41.4 Å². The predicted octanol–water partition coefficient (Wildman–Crippen LogP) is 2.84. The maximum absolute atomic E-state index is 12.2. The van der Waals surface area contributed by atoms with Crippen molar-refractivity contribution in [2.24, 2.45) is 4.99 Å². The third kappa shape index (κ3) is 5.52. The quantitative estimate of drug-likeness (QED) is 0.412. The van der Waals surface area contributed by atoms with Crippen LogP contribution in [0.5, 0.6) is 5.75 Å². The maximum atomic E-state index is 12.2. The summed E-state index contributed by atoms with van der Waals surface area (Å²) in [5.74, 6) is 2.86. The molecule has 0 spiro atoms. The minimum Gasteiger partial charge on any atom is -0.482 e. The summed E-state index contributed by atoms with van der Waals surface area (Å²) >= 11 is 0. The molecule has 162 valence electrons. The number of aromatic nitrogens is 1. The van der Waals surface area contributed by atoms with Crippen LogP contribution in [-0.4, -0.2) is 43.1 Å². The van der Waals surface area contributed by atoms with E-state index >= 15 is 0 Å². The van der Waals surface area contributed by atoms with Crippen LogP contribution in [0.4, 0.5) is 5.69 Å². The molecule has 8 nitrogen and oxygen atoms in total. The number of hydrogen-bond donors (Lipinski definition) is 2. The van der Waals surface area contributed by atoms with Crippen LogP contribution < -0.4 is 20.3 Å². The largest absolute Gasteiger partial charge is 0.482 e. The molecule has 3 rings (SSSR count). The second-order valence-corrected chi connectivity index (χ2v) is 8.15. The molecule has 0 fully saturated rings. The number of carbonyl (C=O) groups excluding carboxylic acids is 1. The number of aliphatic imine (C=N–C) groups is 1. The Balaban J connectivity index is 1.52. The number of nitrogens with zero attached hydrogens (tertiary/aromatic N) is 3. The van der Waals surface area contributed by atoms with Gasteiger partial charge in [0, 0.05) is 25.0 Å². The topological polar surface area (TPSA) is 92.0 Å². The van der Waals surface area contributed by atoms with Crippen LogP contribution in [-0.2, 0) is 16.8 Å². The van der Waals surface area contributed by atoms with Gasteiger partial charge in [0.1, 0.15) is 18.1 Å². The van der Waals surface area contributed by atoms with Crippen molar-refractivity contribution in [1.29, 1.82) is 0 Å². The summed E-state index contributed by atoms with van der Waals surface area (Å²) in [6.07, 6.45) is 2.54. The van der Waals surface area contributed by atoms with E-state index in [9.17, 15) is 4.79 Å². The molecule has 1 aliphatic heterocycles. The van der Waals surface area contributed by atoms with Gasteiger partial charge in [-0.2, -0.15) is 0 Å². The number of fused-ring (bicyclic) bond motifs is 1. The number of guanidine groups is 1. The molecule has 30 heavy (non-hydrogen) atoms. The van der Waals surface area contributed by atoms with E-state index in [0.717, 1.165) is 30.2 Å². The highest BCUT2D eigenvalue weighted by Crippen LogP contribution is 2.31. The molecule has 1 aliphatic rings. The first kappa shape index (κ1) is 21.7. The van der Waals surface area contributed by atoms with Crippen LogP contribution in [0, 0.1) is 0 Å². The molecule has 2 heterocycles. The Morgan fingerprint density at radius 1 is 1.27 bits per heavy atom. The van der Waals surface area contributed by atoms with Crippen LogP contribution in [0.1, 0.15) is 45.8 Å². The first-order valence-corrected chi connectivity index (χ1v) is 10.4. The van der Waals surface area contributed by atoms with Gasteiger partial charge < -0.3 is 24.7 Å². The second-order valence-electron chi connectivity index (χ2n) is 8.15. The van der Waals surface area contributed by atoms with E-state index in [1.54, 1.807) is 11.1 Å². The summed E-state index contributed by atoms with van der Waals surface area (Å²) < 4.78 is 11.3. The highest BCUT2D eigenvalue weighted by molar-refractivity contribution is 5.97. The number of nitrogens with one attached hydrogen (secondary N) is 2. The Bertz CT molecular complexity index is 885. The molecule has 0 radical (unpaired) electrons. The van der Waals surface area contributed by atoms with Gasteiger partial charge in [0.2, 0.25) is 5.89 Å². The second kappa shape index (κ2) is 9.65. The van der Waals surface area contributed by atoms with Gasteiger partial charge in [0.25, 0.3) is 5.91 Å². The van der Waals surface area contributed by atoms with Crippen molar-refractivity contribution in [2.45, 2.75) is 46.1 Å². The van der Waals surface area contributed by atoms with Crippen molar-refractivity contribution in [3.8, 4) is 5.75 Å². The van der Waals surface area contributed by atoms with Crippen molar-refractivity contribution in [2.75, 3.05) is 31.1 Å². The molecule has 0 unspecified atom stereocenters. The molecule has 0 aliphatic carbocycles. The predicted molar refractivity (Wildman–Crippen MR) is 117 cm³/mol. The molecule has 0 saturated heterocycles. The number of amides is 1. The molecule has 2 N–H and O–H groups in total. The van der Waals surface area contributed by atoms with Crippen molar-refractivity contribution in [3.05, 3.63) is 42.1 Å². The zero-order valence-corrected chi connectivity index (χ0v) is 18.2. The lowest BCUT2D eigenvalue weighted by atomic mass is 9.94. The molecular weight excluding hydrogens is 382 g/mol. The maximum Gasteiger partial charge on any atom is 0.265 e. The number of hydrogen-bond acceptors (Lipinski definition) is 5. The van der Waals surface area contributed by atoms with Gasteiger partial charge in [-0.05, 0) is 25.5 Å². The lowest BCUT2D eigenvalue weighted by Crippen LogP contribution is -2.42. The summed E-state index contributed by atoms with van der Waals surface area (Å²) in [7, 11) is 0. The van der Waals surface area contributed by atoms with Crippen LogP contribution in [0.15, 0.2) is 39.9 Å². The van der Waals surface area contributed by atoms with Gasteiger partial charge in [-0.3, -0.25) is 4.79 Å². The summed E-state index contributed by atoms with van der Waals surface area (Å²) in [5, 5.41) is 6.53. The molecular formula is C22H31N5O3. The molecule has 1 aromatic heterocycles. The Hall–Kier alpha value is -3.03. The summed E-state index contributed by atoms with van der Waals surface area (Å²) in [4.78, 5) is 22.9. The van der Waals surface area contributed by atoms with Gasteiger partial charge >= 0.3 is 0 Å². The Kier molecular flexibility index (Phi) is 6.97. The fourth-order valence-electron chi connectivity index (χ4n) is 3.06. The highest BCUT2D eigenvalue weighted by Gasteiger charge is 2.24. The van der Waals surface area contributed by atoms with Crippen molar-refractivity contribution in [3.63, 3.8) is 0 Å². The zero-order valence-electron chi connectivity index (χ0n) is 18.2. The van der Waals surface area contributed by atoms with Crippen molar-refractivity contribution in [1.82, 2.24) is 15.6 Å². The van der Waals surface area contributed by atoms with Gasteiger partial charge in [0.15, 0.2) is 12.6 Å². The summed E-state index contributed by atoms with van der Waals surface area (Å²) in [5.41, 5.74) is 0.751. The average molecular weight is 414 g/mol. The summed E-state index contributed by atoms with van der Waals surface area (Å²) in [6, 6.07) is 7.62. The number of ether oxygens (including phenoxy) is 1. The zero-order chi connectivity index (χ0) is 21.6. The van der Waals surface area contributed by atoms with E-state index in [-0.39, 0.29) is 17.9 Å². The normalized spacial score (nSPS) is 14.3. The van der Waals surface area contributed by atoms with Crippen LogP contribution in [0.25, 0.3) is 0 Å². The minimum absolute atomic E-state index is 0.0205. The number of anilines is 1. The Morgan fingerprint density at radius 2 is 2.07 bits per heavy atom. The number of para-hydroxylation sites is 2. The highest BCUT2D eigenvalue weighted by atomic mass is 16.5. The van der Waals surface area contributed by atoms with E-state index in [1.807, 2.05) is 31.2 Å². The first-order valence-electron chi connectivity index (χ1n) is 10.4. The van der Waals surface area contributed by atoms with E-state index in [1.165, 1.54) is 0 Å². The molecule has 0 saturated carbocycles. The molecule has 1 amide bonds. The van der Waals surface area contributed by atoms with Gasteiger partial charge in [-0.25, -0.2) is 9.98 Å². The molecule has 0 atom stereocenters. The standard InChI is InChI=1S/C22H31N5O3/c1-5-23-21(26-14-19-25-13-18(30-19)22(2,3)4)24-11-8-12-27-16-9-6-7-10-17(16)29-15-20(27)28/h6-7,9-10,13H,5,8,11-12,14-15H2,1-4H3,(H2,23,24,26). The average Bonchev–Trinajstić information content (AvgIpc) is 3.20. The van der Waals surface area contributed by atoms with E-state index in [4.69, 9.17) is 9.15 Å². The van der Waals surface area contributed by atoms with Crippen LogP contribution in [0.3, 0.4) is 0 Å². The molecule has 2 aromatic rings. The Labute approximate surface area is 177 Å². The lowest BCUT2D eigenvalue weighted by molar-refractivity contribution is -0.121.